The summed E-state index contributed by atoms with van der Waals surface area (Å²) in [6.07, 6.45) is 2.30. The number of likely N-dealkylation sites (tertiary alicyclic amines) is 1. The minimum Gasteiger partial charge on any atom is -0.334 e. The second-order valence-corrected chi connectivity index (χ2v) is 6.46. The monoisotopic (exact) mass is 342 g/mol. The number of carbonyl (C=O) groups is 1. The molecule has 1 aromatic rings. The molecule has 19 heavy (non-hydrogen) atoms. The average molecular weight is 344 g/mol. The fraction of sp³-hybridized carbons (Fsp3) is 0.500. The predicted octanol–water partition coefficient (Wildman–Crippen LogP) is 2.93. The van der Waals surface area contributed by atoms with Gasteiger partial charge in [0.2, 0.25) is 0 Å². The minimum absolute atomic E-state index is 0.0599. The summed E-state index contributed by atoms with van der Waals surface area (Å²) < 4.78 is 0.776. The van der Waals surface area contributed by atoms with E-state index < -0.39 is 0 Å². The van der Waals surface area contributed by atoms with E-state index in [2.05, 4.69) is 21.2 Å². The van der Waals surface area contributed by atoms with Crippen molar-refractivity contribution >= 4 is 33.4 Å². The summed E-state index contributed by atoms with van der Waals surface area (Å²) in [5.74, 6) is 0.660. The first-order chi connectivity index (χ1) is 9.18. The molecule has 0 saturated carbocycles. The van der Waals surface area contributed by atoms with Gasteiger partial charge in [0.25, 0.3) is 5.91 Å². The number of hydrogen-bond donors (Lipinski definition) is 1. The van der Waals surface area contributed by atoms with Crippen LogP contribution >= 0.6 is 27.5 Å². The Morgan fingerprint density at radius 1 is 1.42 bits per heavy atom. The number of rotatable bonds is 1. The van der Waals surface area contributed by atoms with Crippen molar-refractivity contribution in [2.45, 2.75) is 18.9 Å². The number of nitrogens with zero attached hydrogens (tertiary/aromatic N) is 1. The van der Waals surface area contributed by atoms with Crippen molar-refractivity contribution in [3.8, 4) is 0 Å². The molecule has 0 bridgehead atoms. The SMILES string of the molecule is O=C(c1cccc(Br)c1Cl)N1CCCC2CNCC21. The summed E-state index contributed by atoms with van der Waals surface area (Å²) in [4.78, 5) is 14.7. The highest BCUT2D eigenvalue weighted by Gasteiger charge is 2.38. The molecule has 5 heteroatoms. The lowest BCUT2D eigenvalue weighted by Gasteiger charge is -2.37. The zero-order chi connectivity index (χ0) is 13.4. The van der Waals surface area contributed by atoms with Gasteiger partial charge < -0.3 is 10.2 Å². The first kappa shape index (κ1) is 13.4. The van der Waals surface area contributed by atoms with E-state index >= 15 is 0 Å². The van der Waals surface area contributed by atoms with Gasteiger partial charge in [-0.15, -0.1) is 0 Å². The van der Waals surface area contributed by atoms with Crippen molar-refractivity contribution in [3.63, 3.8) is 0 Å². The highest BCUT2D eigenvalue weighted by atomic mass is 79.9. The molecule has 3 rings (SSSR count). The van der Waals surface area contributed by atoms with Gasteiger partial charge >= 0.3 is 0 Å². The van der Waals surface area contributed by atoms with Crippen molar-refractivity contribution in [2.75, 3.05) is 19.6 Å². The van der Waals surface area contributed by atoms with Gasteiger partial charge in [0, 0.05) is 30.1 Å². The fourth-order valence-corrected chi connectivity index (χ4v) is 3.72. The molecule has 2 aliphatic heterocycles. The molecular weight excluding hydrogens is 328 g/mol. The Hall–Kier alpha value is -0.580. The second-order valence-electron chi connectivity index (χ2n) is 5.23. The molecule has 1 aromatic carbocycles. The second kappa shape index (κ2) is 5.43. The fourth-order valence-electron chi connectivity index (χ4n) is 3.14. The number of benzene rings is 1. The van der Waals surface area contributed by atoms with Gasteiger partial charge in [-0.1, -0.05) is 17.7 Å². The number of carbonyl (C=O) groups excluding carboxylic acids is 1. The maximum absolute atomic E-state index is 12.7. The summed E-state index contributed by atoms with van der Waals surface area (Å²) in [5.41, 5.74) is 0.601. The van der Waals surface area contributed by atoms with Crippen LogP contribution in [0.5, 0.6) is 0 Å². The van der Waals surface area contributed by atoms with Crippen molar-refractivity contribution < 1.29 is 4.79 Å². The highest BCUT2D eigenvalue weighted by Crippen LogP contribution is 2.31. The number of nitrogens with one attached hydrogen (secondary N) is 1. The molecule has 2 heterocycles. The van der Waals surface area contributed by atoms with Crippen LogP contribution in [0.1, 0.15) is 23.2 Å². The van der Waals surface area contributed by atoms with E-state index in [0.29, 0.717) is 22.5 Å². The van der Waals surface area contributed by atoms with Gasteiger partial charge in [-0.05, 0) is 46.8 Å². The van der Waals surface area contributed by atoms with E-state index in [4.69, 9.17) is 11.6 Å². The first-order valence-corrected chi connectivity index (χ1v) is 7.81. The van der Waals surface area contributed by atoms with Crippen LogP contribution in [-0.2, 0) is 0 Å². The molecule has 0 aromatic heterocycles. The summed E-state index contributed by atoms with van der Waals surface area (Å²) in [5, 5.41) is 3.90. The quantitative estimate of drug-likeness (QED) is 0.850. The van der Waals surface area contributed by atoms with E-state index in [-0.39, 0.29) is 5.91 Å². The third-order valence-corrected chi connectivity index (χ3v) is 5.42. The smallest absolute Gasteiger partial charge is 0.255 e. The third-order valence-electron chi connectivity index (χ3n) is 4.12. The van der Waals surface area contributed by atoms with Crippen LogP contribution in [-0.4, -0.2) is 36.5 Å². The summed E-state index contributed by atoms with van der Waals surface area (Å²) in [6, 6.07) is 5.85. The Morgan fingerprint density at radius 3 is 3.11 bits per heavy atom. The van der Waals surface area contributed by atoms with Crippen LogP contribution < -0.4 is 5.32 Å². The van der Waals surface area contributed by atoms with Crippen LogP contribution in [0.15, 0.2) is 22.7 Å². The molecule has 3 nitrogen and oxygen atoms in total. The van der Waals surface area contributed by atoms with Gasteiger partial charge in [-0.2, -0.15) is 0 Å². The van der Waals surface area contributed by atoms with Crippen LogP contribution in [0.2, 0.25) is 5.02 Å². The van der Waals surface area contributed by atoms with E-state index in [9.17, 15) is 4.79 Å². The lowest BCUT2D eigenvalue weighted by Crippen LogP contribution is -2.48. The van der Waals surface area contributed by atoms with Gasteiger partial charge in [0.05, 0.1) is 10.6 Å². The summed E-state index contributed by atoms with van der Waals surface area (Å²) >= 11 is 9.62. The van der Waals surface area contributed by atoms with Gasteiger partial charge in [0.15, 0.2) is 0 Å². The van der Waals surface area contributed by atoms with Gasteiger partial charge in [-0.3, -0.25) is 4.79 Å². The largest absolute Gasteiger partial charge is 0.334 e. The van der Waals surface area contributed by atoms with Crippen molar-refractivity contribution in [1.82, 2.24) is 10.2 Å². The molecule has 0 spiro atoms. The molecule has 2 atom stereocenters. The number of amides is 1. The Labute approximate surface area is 126 Å². The predicted molar refractivity (Wildman–Crippen MR) is 79.6 cm³/mol. The van der Waals surface area contributed by atoms with Gasteiger partial charge in [-0.25, -0.2) is 0 Å². The maximum atomic E-state index is 12.7. The highest BCUT2D eigenvalue weighted by molar-refractivity contribution is 9.10. The molecule has 2 unspecified atom stereocenters. The Kier molecular flexibility index (Phi) is 3.83. The van der Waals surface area contributed by atoms with E-state index in [1.165, 1.54) is 6.42 Å². The molecule has 0 radical (unpaired) electrons. The number of halogens is 2. The molecule has 102 valence electrons. The van der Waals surface area contributed by atoms with Crippen LogP contribution in [0.3, 0.4) is 0 Å². The third kappa shape index (κ3) is 2.41. The van der Waals surface area contributed by atoms with Crippen molar-refractivity contribution in [1.29, 1.82) is 0 Å². The van der Waals surface area contributed by atoms with Crippen LogP contribution in [0.25, 0.3) is 0 Å². The number of piperidine rings is 1. The number of fused-ring (bicyclic) bond motifs is 1. The van der Waals surface area contributed by atoms with E-state index in [0.717, 1.165) is 30.5 Å². The minimum atomic E-state index is 0.0599. The average Bonchev–Trinajstić information content (AvgIpc) is 2.89. The molecule has 1 N–H and O–H groups in total. The Balaban J connectivity index is 1.88. The first-order valence-electron chi connectivity index (χ1n) is 6.64. The van der Waals surface area contributed by atoms with Crippen molar-refractivity contribution in [3.05, 3.63) is 33.3 Å². The van der Waals surface area contributed by atoms with E-state index in [1.54, 1.807) is 6.07 Å². The maximum Gasteiger partial charge on any atom is 0.255 e. The Morgan fingerprint density at radius 2 is 2.26 bits per heavy atom. The molecule has 2 aliphatic rings. The Bertz CT molecular complexity index is 508. The van der Waals surface area contributed by atoms with Crippen molar-refractivity contribution in [2.24, 2.45) is 5.92 Å². The molecule has 0 aliphatic carbocycles. The standard InChI is InChI=1S/C14H16BrClN2O/c15-11-5-1-4-10(13(11)16)14(19)18-6-2-3-9-7-17-8-12(9)18/h1,4-5,9,12,17H,2-3,6-8H2. The van der Waals surface area contributed by atoms with Crippen LogP contribution in [0, 0.1) is 5.92 Å². The van der Waals surface area contributed by atoms with Gasteiger partial charge in [0.1, 0.15) is 0 Å². The lowest BCUT2D eigenvalue weighted by molar-refractivity contribution is 0.0575. The van der Waals surface area contributed by atoms with Crippen LogP contribution in [0.4, 0.5) is 0 Å². The zero-order valence-corrected chi connectivity index (χ0v) is 12.9. The molecule has 1 amide bonds. The lowest BCUT2D eigenvalue weighted by atomic mass is 9.91. The summed E-state index contributed by atoms with van der Waals surface area (Å²) in [6.45, 7) is 2.77. The topological polar surface area (TPSA) is 32.3 Å². The van der Waals surface area contributed by atoms with E-state index in [1.807, 2.05) is 17.0 Å². The zero-order valence-electron chi connectivity index (χ0n) is 10.5. The summed E-state index contributed by atoms with van der Waals surface area (Å²) in [7, 11) is 0. The molecular formula is C14H16BrClN2O. The normalized spacial score (nSPS) is 26.3. The molecule has 2 saturated heterocycles. The number of hydrogen-bond acceptors (Lipinski definition) is 2. The molecule has 2 fully saturated rings.